The van der Waals surface area contributed by atoms with Gasteiger partial charge in [0.2, 0.25) is 5.91 Å². The van der Waals surface area contributed by atoms with Gasteiger partial charge in [-0.15, -0.1) is 0 Å². The average molecular weight is 252 g/mol. The van der Waals surface area contributed by atoms with Crippen molar-refractivity contribution >= 4 is 5.91 Å². The molecule has 2 aliphatic rings. The summed E-state index contributed by atoms with van der Waals surface area (Å²) in [7, 11) is 0. The van der Waals surface area contributed by atoms with Crippen LogP contribution in [0.15, 0.2) is 0 Å². The van der Waals surface area contributed by atoms with Crippen molar-refractivity contribution in [2.75, 3.05) is 6.54 Å². The molecule has 0 aromatic carbocycles. The van der Waals surface area contributed by atoms with Crippen LogP contribution in [0.25, 0.3) is 0 Å². The van der Waals surface area contributed by atoms with Gasteiger partial charge >= 0.3 is 0 Å². The Labute approximate surface area is 111 Å². The number of carbonyl (C=O) groups excluding carboxylic acids is 1. The molecule has 2 rings (SSSR count). The third-order valence-electron chi connectivity index (χ3n) is 4.26. The molecule has 1 amide bonds. The molecule has 3 unspecified atom stereocenters. The van der Waals surface area contributed by atoms with Crippen LogP contribution in [-0.4, -0.2) is 24.5 Å². The molecule has 1 aliphatic heterocycles. The largest absolute Gasteiger partial charge is 0.354 e. The minimum absolute atomic E-state index is 0.0479. The van der Waals surface area contributed by atoms with Crippen LogP contribution in [0.4, 0.5) is 0 Å². The zero-order valence-corrected chi connectivity index (χ0v) is 12.1. The summed E-state index contributed by atoms with van der Waals surface area (Å²) in [4.78, 5) is 12.1. The van der Waals surface area contributed by atoms with E-state index in [-0.39, 0.29) is 17.4 Å². The molecule has 18 heavy (non-hydrogen) atoms. The summed E-state index contributed by atoms with van der Waals surface area (Å²) >= 11 is 0. The van der Waals surface area contributed by atoms with Crippen molar-refractivity contribution < 1.29 is 4.79 Å². The van der Waals surface area contributed by atoms with Crippen LogP contribution in [0.1, 0.15) is 59.3 Å². The summed E-state index contributed by atoms with van der Waals surface area (Å²) in [5.74, 6) is 1.03. The van der Waals surface area contributed by atoms with Crippen LogP contribution >= 0.6 is 0 Å². The Morgan fingerprint density at radius 3 is 2.61 bits per heavy atom. The number of amides is 1. The van der Waals surface area contributed by atoms with Crippen LogP contribution in [0.2, 0.25) is 0 Å². The number of hydrogen-bond acceptors (Lipinski definition) is 2. The molecule has 104 valence electrons. The number of carbonyl (C=O) groups is 1. The number of hydrogen-bond donors (Lipinski definition) is 2. The van der Waals surface area contributed by atoms with Gasteiger partial charge in [-0.1, -0.05) is 33.6 Å². The first-order chi connectivity index (χ1) is 8.46. The molecule has 1 saturated heterocycles. The number of fused-ring (bicyclic) bond motifs is 1. The minimum atomic E-state index is 0.0479. The van der Waals surface area contributed by atoms with Gasteiger partial charge in [0.05, 0.1) is 6.04 Å². The molecule has 0 aromatic heterocycles. The highest BCUT2D eigenvalue weighted by Gasteiger charge is 2.34. The fourth-order valence-corrected chi connectivity index (χ4v) is 3.18. The predicted octanol–water partition coefficient (Wildman–Crippen LogP) is 2.46. The molecule has 1 saturated carbocycles. The second-order valence-electron chi connectivity index (χ2n) is 7.23. The molecule has 1 aliphatic carbocycles. The van der Waals surface area contributed by atoms with E-state index >= 15 is 0 Å². The van der Waals surface area contributed by atoms with E-state index in [1.165, 1.54) is 32.1 Å². The molecule has 3 heteroatoms. The maximum atomic E-state index is 12.1. The van der Waals surface area contributed by atoms with Crippen LogP contribution in [0, 0.1) is 11.3 Å². The molecule has 0 bridgehead atoms. The topological polar surface area (TPSA) is 41.1 Å². The van der Waals surface area contributed by atoms with Crippen LogP contribution in [-0.2, 0) is 4.79 Å². The quantitative estimate of drug-likeness (QED) is 0.792. The lowest BCUT2D eigenvalue weighted by Gasteiger charge is -2.40. The van der Waals surface area contributed by atoms with Crippen molar-refractivity contribution in [2.24, 2.45) is 11.3 Å². The molecule has 2 fully saturated rings. The normalized spacial score (nSPS) is 32.7. The van der Waals surface area contributed by atoms with E-state index in [1.807, 2.05) is 0 Å². The zero-order valence-electron chi connectivity index (χ0n) is 12.1. The first kappa shape index (κ1) is 13.9. The summed E-state index contributed by atoms with van der Waals surface area (Å²) in [5, 5.41) is 6.67. The second-order valence-corrected chi connectivity index (χ2v) is 7.23. The summed E-state index contributed by atoms with van der Waals surface area (Å²) in [5.41, 5.74) is 0.164. The summed E-state index contributed by atoms with van der Waals surface area (Å²) in [6.07, 6.45) is 7.55. The van der Waals surface area contributed by atoms with Crippen LogP contribution in [0.5, 0.6) is 0 Å². The molecule has 1 heterocycles. The lowest BCUT2D eigenvalue weighted by molar-refractivity contribution is -0.124. The molecule has 2 N–H and O–H groups in total. The first-order valence-electron chi connectivity index (χ1n) is 7.49. The maximum Gasteiger partial charge on any atom is 0.237 e. The van der Waals surface area contributed by atoms with Crippen molar-refractivity contribution in [3.63, 3.8) is 0 Å². The van der Waals surface area contributed by atoms with E-state index in [0.717, 1.165) is 18.9 Å². The van der Waals surface area contributed by atoms with Crippen molar-refractivity contribution in [3.8, 4) is 0 Å². The van der Waals surface area contributed by atoms with E-state index in [1.54, 1.807) is 0 Å². The average Bonchev–Trinajstić information content (AvgIpc) is 2.34. The monoisotopic (exact) mass is 252 g/mol. The Morgan fingerprint density at radius 2 is 1.89 bits per heavy atom. The highest BCUT2D eigenvalue weighted by molar-refractivity contribution is 5.81. The first-order valence-corrected chi connectivity index (χ1v) is 7.49. The van der Waals surface area contributed by atoms with Gasteiger partial charge < -0.3 is 10.6 Å². The Hall–Kier alpha value is -0.570. The molecule has 0 radical (unpaired) electrons. The van der Waals surface area contributed by atoms with Crippen molar-refractivity contribution in [3.05, 3.63) is 0 Å². The Kier molecular flexibility index (Phi) is 4.31. The van der Waals surface area contributed by atoms with Gasteiger partial charge in [0.25, 0.3) is 0 Å². The van der Waals surface area contributed by atoms with Gasteiger partial charge in [0.15, 0.2) is 0 Å². The molecular weight excluding hydrogens is 224 g/mol. The molecule has 0 spiro atoms. The highest BCUT2D eigenvalue weighted by Crippen LogP contribution is 2.32. The lowest BCUT2D eigenvalue weighted by atomic mass is 9.77. The predicted molar refractivity (Wildman–Crippen MR) is 74.4 cm³/mol. The van der Waals surface area contributed by atoms with Crippen molar-refractivity contribution in [1.29, 1.82) is 0 Å². The Morgan fingerprint density at radius 1 is 1.17 bits per heavy atom. The number of rotatable bonds is 2. The third-order valence-corrected chi connectivity index (χ3v) is 4.26. The van der Waals surface area contributed by atoms with E-state index < -0.39 is 0 Å². The minimum Gasteiger partial charge on any atom is -0.354 e. The fourth-order valence-electron chi connectivity index (χ4n) is 3.18. The van der Waals surface area contributed by atoms with Gasteiger partial charge in [-0.3, -0.25) is 4.79 Å². The lowest BCUT2D eigenvalue weighted by Crippen LogP contribution is -2.55. The summed E-state index contributed by atoms with van der Waals surface area (Å²) < 4.78 is 0. The smallest absolute Gasteiger partial charge is 0.237 e. The SMILES string of the molecule is CC(C)(C)CNC(=O)C1CCC2CCCCC2N1. The van der Waals surface area contributed by atoms with Gasteiger partial charge in [0.1, 0.15) is 0 Å². The molecular formula is C15H28N2O. The number of piperidine rings is 1. The molecule has 3 atom stereocenters. The van der Waals surface area contributed by atoms with E-state index in [0.29, 0.717) is 6.04 Å². The van der Waals surface area contributed by atoms with E-state index in [4.69, 9.17) is 0 Å². The molecule has 0 aromatic rings. The summed E-state index contributed by atoms with van der Waals surface area (Å²) in [6, 6.07) is 0.643. The standard InChI is InChI=1S/C15H28N2O/c1-15(2,3)10-16-14(18)13-9-8-11-6-4-5-7-12(11)17-13/h11-13,17H,4-10H2,1-3H3,(H,16,18). The van der Waals surface area contributed by atoms with E-state index in [9.17, 15) is 4.79 Å². The van der Waals surface area contributed by atoms with Gasteiger partial charge in [-0.05, 0) is 37.0 Å². The second kappa shape index (κ2) is 5.60. The highest BCUT2D eigenvalue weighted by atomic mass is 16.2. The van der Waals surface area contributed by atoms with Gasteiger partial charge in [-0.2, -0.15) is 0 Å². The Bertz CT molecular complexity index is 295. The van der Waals surface area contributed by atoms with Crippen molar-refractivity contribution in [1.82, 2.24) is 10.6 Å². The van der Waals surface area contributed by atoms with Crippen molar-refractivity contribution in [2.45, 2.75) is 71.4 Å². The van der Waals surface area contributed by atoms with Crippen LogP contribution < -0.4 is 10.6 Å². The zero-order chi connectivity index (χ0) is 13.2. The number of nitrogens with one attached hydrogen (secondary N) is 2. The molecule has 3 nitrogen and oxygen atoms in total. The van der Waals surface area contributed by atoms with Gasteiger partial charge in [-0.25, -0.2) is 0 Å². The maximum absolute atomic E-state index is 12.1. The fraction of sp³-hybridized carbons (Fsp3) is 0.933. The van der Waals surface area contributed by atoms with Crippen LogP contribution in [0.3, 0.4) is 0 Å². The van der Waals surface area contributed by atoms with E-state index in [2.05, 4.69) is 31.4 Å². The summed E-state index contributed by atoms with van der Waals surface area (Å²) in [6.45, 7) is 7.22. The van der Waals surface area contributed by atoms with Gasteiger partial charge in [0, 0.05) is 12.6 Å². The third kappa shape index (κ3) is 3.71. The Balaban J connectivity index is 1.81.